The van der Waals surface area contributed by atoms with Crippen molar-refractivity contribution in [1.82, 2.24) is 5.16 Å². The van der Waals surface area contributed by atoms with Crippen LogP contribution in [0.5, 0.6) is 0 Å². The molecule has 0 aromatic carbocycles. The molecule has 1 rings (SSSR count). The summed E-state index contributed by atoms with van der Waals surface area (Å²) in [6, 6.07) is 0. The van der Waals surface area contributed by atoms with E-state index in [1.165, 1.54) is 5.56 Å². The van der Waals surface area contributed by atoms with E-state index in [2.05, 4.69) is 34.9 Å². The van der Waals surface area contributed by atoms with Crippen molar-refractivity contribution in [3.05, 3.63) is 17.0 Å². The maximum absolute atomic E-state index is 5.11. The van der Waals surface area contributed by atoms with Crippen LogP contribution >= 0.6 is 15.9 Å². The molecule has 2 nitrogen and oxygen atoms in total. The van der Waals surface area contributed by atoms with Gasteiger partial charge in [0.25, 0.3) is 0 Å². The Balaban J connectivity index is 3.17. The molecule has 0 saturated carbocycles. The molecule has 0 unspecified atom stereocenters. The summed E-state index contributed by atoms with van der Waals surface area (Å²) in [5.74, 6) is 0.928. The Morgan fingerprint density at radius 3 is 2.33 bits per heavy atom. The molecule has 0 atom stereocenters. The zero-order valence-corrected chi connectivity index (χ0v) is 9.53. The monoisotopic (exact) mass is 231 g/mol. The van der Waals surface area contributed by atoms with Crippen molar-refractivity contribution in [1.29, 1.82) is 0 Å². The average molecular weight is 232 g/mol. The minimum atomic E-state index is 0.105. The molecule has 0 bridgehead atoms. The second-order valence-electron chi connectivity index (χ2n) is 3.72. The lowest BCUT2D eigenvalue weighted by Gasteiger charge is -2.21. The van der Waals surface area contributed by atoms with E-state index in [4.69, 9.17) is 4.52 Å². The fraction of sp³-hybridized carbons (Fsp3) is 0.667. The van der Waals surface area contributed by atoms with Crippen molar-refractivity contribution in [2.75, 3.05) is 5.33 Å². The van der Waals surface area contributed by atoms with Crippen LogP contribution in [-0.4, -0.2) is 10.5 Å². The predicted octanol–water partition coefficient (Wildman–Crippen LogP) is 2.96. The summed E-state index contributed by atoms with van der Waals surface area (Å²) in [4.78, 5) is 0. The Morgan fingerprint density at radius 2 is 2.00 bits per heavy atom. The average Bonchev–Trinajstić information content (AvgIpc) is 2.31. The largest absolute Gasteiger partial charge is 0.361 e. The van der Waals surface area contributed by atoms with Crippen LogP contribution in [-0.2, 0) is 5.41 Å². The second-order valence-corrected chi connectivity index (χ2v) is 4.28. The minimum absolute atomic E-state index is 0.105. The molecular formula is C9H14BrNO. The number of alkyl halides is 1. The summed E-state index contributed by atoms with van der Waals surface area (Å²) in [5, 5.41) is 4.85. The van der Waals surface area contributed by atoms with E-state index in [1.54, 1.807) is 0 Å². The van der Waals surface area contributed by atoms with Gasteiger partial charge in [0.2, 0.25) is 0 Å². The third-order valence-corrected chi connectivity index (χ3v) is 3.45. The molecule has 68 valence electrons. The van der Waals surface area contributed by atoms with Crippen LogP contribution in [0.2, 0.25) is 0 Å². The van der Waals surface area contributed by atoms with Gasteiger partial charge < -0.3 is 4.52 Å². The van der Waals surface area contributed by atoms with E-state index >= 15 is 0 Å². The molecular weight excluding hydrogens is 218 g/mol. The predicted molar refractivity (Wildman–Crippen MR) is 52.8 cm³/mol. The molecule has 0 aliphatic carbocycles. The van der Waals surface area contributed by atoms with Gasteiger partial charge in [-0.3, -0.25) is 0 Å². The third kappa shape index (κ3) is 1.56. The molecule has 0 N–H and O–H groups in total. The van der Waals surface area contributed by atoms with Crippen LogP contribution < -0.4 is 0 Å². The number of halogens is 1. The van der Waals surface area contributed by atoms with Crippen LogP contribution in [0.4, 0.5) is 0 Å². The van der Waals surface area contributed by atoms with Gasteiger partial charge in [0.1, 0.15) is 5.76 Å². The molecule has 3 heteroatoms. The SMILES string of the molecule is Cc1noc(C)c1C(C)(C)CBr. The highest BCUT2D eigenvalue weighted by Crippen LogP contribution is 2.30. The normalized spacial score (nSPS) is 12.1. The number of nitrogens with zero attached hydrogens (tertiary/aromatic N) is 1. The molecule has 0 aliphatic rings. The Kier molecular flexibility index (Phi) is 2.61. The lowest BCUT2D eigenvalue weighted by molar-refractivity contribution is 0.390. The molecule has 1 aromatic rings. The highest BCUT2D eigenvalue weighted by atomic mass is 79.9. The first-order chi connectivity index (χ1) is 5.49. The summed E-state index contributed by atoms with van der Waals surface area (Å²) in [5.41, 5.74) is 2.32. The van der Waals surface area contributed by atoms with Gasteiger partial charge in [-0.05, 0) is 13.8 Å². The van der Waals surface area contributed by atoms with E-state index in [0.717, 1.165) is 16.8 Å². The van der Waals surface area contributed by atoms with Gasteiger partial charge in [0.05, 0.1) is 5.69 Å². The van der Waals surface area contributed by atoms with Gasteiger partial charge in [0.15, 0.2) is 0 Å². The first-order valence-electron chi connectivity index (χ1n) is 3.98. The summed E-state index contributed by atoms with van der Waals surface area (Å²) >= 11 is 3.49. The maximum Gasteiger partial charge on any atom is 0.137 e. The number of aryl methyl sites for hydroxylation is 2. The minimum Gasteiger partial charge on any atom is -0.361 e. The summed E-state index contributed by atoms with van der Waals surface area (Å²) in [6.07, 6.45) is 0. The van der Waals surface area contributed by atoms with E-state index < -0.39 is 0 Å². The van der Waals surface area contributed by atoms with Gasteiger partial charge in [-0.1, -0.05) is 34.9 Å². The first kappa shape index (κ1) is 9.78. The first-order valence-corrected chi connectivity index (χ1v) is 5.10. The van der Waals surface area contributed by atoms with Crippen molar-refractivity contribution in [3.8, 4) is 0 Å². The molecule has 0 saturated heterocycles. The molecule has 0 spiro atoms. The van der Waals surface area contributed by atoms with Gasteiger partial charge in [0, 0.05) is 16.3 Å². The fourth-order valence-corrected chi connectivity index (χ4v) is 1.80. The van der Waals surface area contributed by atoms with E-state index in [9.17, 15) is 0 Å². The van der Waals surface area contributed by atoms with E-state index in [1.807, 2.05) is 13.8 Å². The van der Waals surface area contributed by atoms with Gasteiger partial charge in [-0.2, -0.15) is 0 Å². The standard InChI is InChI=1S/C9H14BrNO/c1-6-8(7(2)12-11-6)9(3,4)5-10/h5H2,1-4H3. The molecule has 1 heterocycles. The second kappa shape index (κ2) is 3.21. The quantitative estimate of drug-likeness (QED) is 0.732. The lowest BCUT2D eigenvalue weighted by Crippen LogP contribution is -2.20. The topological polar surface area (TPSA) is 26.0 Å². The zero-order valence-electron chi connectivity index (χ0n) is 7.94. The molecule has 0 radical (unpaired) electrons. The van der Waals surface area contributed by atoms with Gasteiger partial charge in [-0.25, -0.2) is 0 Å². The van der Waals surface area contributed by atoms with Gasteiger partial charge >= 0.3 is 0 Å². The number of rotatable bonds is 2. The van der Waals surface area contributed by atoms with E-state index in [-0.39, 0.29) is 5.41 Å². The highest BCUT2D eigenvalue weighted by molar-refractivity contribution is 9.09. The highest BCUT2D eigenvalue weighted by Gasteiger charge is 2.26. The number of hydrogen-bond acceptors (Lipinski definition) is 2. The van der Waals surface area contributed by atoms with Crippen molar-refractivity contribution >= 4 is 15.9 Å². The third-order valence-electron chi connectivity index (χ3n) is 2.04. The number of aromatic nitrogens is 1. The fourth-order valence-electron chi connectivity index (χ4n) is 1.52. The van der Waals surface area contributed by atoms with Crippen LogP contribution in [0.1, 0.15) is 30.9 Å². The lowest BCUT2D eigenvalue weighted by atomic mass is 9.86. The summed E-state index contributed by atoms with van der Waals surface area (Å²) in [6.45, 7) is 8.29. The molecule has 1 aromatic heterocycles. The van der Waals surface area contributed by atoms with Crippen LogP contribution in [0.3, 0.4) is 0 Å². The smallest absolute Gasteiger partial charge is 0.137 e. The van der Waals surface area contributed by atoms with Crippen molar-refractivity contribution in [3.63, 3.8) is 0 Å². The van der Waals surface area contributed by atoms with Gasteiger partial charge in [-0.15, -0.1) is 0 Å². The Labute approximate surface area is 81.5 Å². The molecule has 0 aliphatic heterocycles. The zero-order chi connectivity index (χ0) is 9.35. The molecule has 12 heavy (non-hydrogen) atoms. The Morgan fingerprint density at radius 1 is 1.42 bits per heavy atom. The Bertz CT molecular complexity index is 259. The summed E-state index contributed by atoms with van der Waals surface area (Å²) < 4.78 is 5.11. The van der Waals surface area contributed by atoms with Crippen LogP contribution in [0.25, 0.3) is 0 Å². The van der Waals surface area contributed by atoms with Crippen LogP contribution in [0, 0.1) is 13.8 Å². The number of hydrogen-bond donors (Lipinski definition) is 0. The molecule has 0 amide bonds. The summed E-state index contributed by atoms with van der Waals surface area (Å²) in [7, 11) is 0. The molecule has 0 fully saturated rings. The Hall–Kier alpha value is -0.310. The van der Waals surface area contributed by atoms with Crippen molar-refractivity contribution in [2.24, 2.45) is 0 Å². The van der Waals surface area contributed by atoms with Crippen LogP contribution in [0.15, 0.2) is 4.52 Å². The van der Waals surface area contributed by atoms with Crippen molar-refractivity contribution < 1.29 is 4.52 Å². The van der Waals surface area contributed by atoms with E-state index in [0.29, 0.717) is 0 Å². The van der Waals surface area contributed by atoms with Crippen molar-refractivity contribution in [2.45, 2.75) is 33.1 Å². The maximum atomic E-state index is 5.11.